The monoisotopic (exact) mass is 370 g/mol. The molecule has 2 aliphatic heterocycles. The van der Waals surface area contributed by atoms with Crippen molar-refractivity contribution in [1.29, 1.82) is 0 Å². The number of anilines is 1. The van der Waals surface area contributed by atoms with E-state index in [-0.39, 0.29) is 11.5 Å². The number of aromatic amines is 1. The molecule has 1 N–H and O–H groups in total. The van der Waals surface area contributed by atoms with Gasteiger partial charge in [0.15, 0.2) is 11.5 Å². The maximum Gasteiger partial charge on any atom is 0.224 e. The number of carbonyl (C=O) groups is 1. The highest BCUT2D eigenvalue weighted by atomic mass is 16.5. The molecule has 2 saturated heterocycles. The van der Waals surface area contributed by atoms with E-state index in [1.165, 1.54) is 19.3 Å². The van der Waals surface area contributed by atoms with Crippen molar-refractivity contribution in [3.8, 4) is 0 Å². The lowest BCUT2D eigenvalue weighted by atomic mass is 9.84. The van der Waals surface area contributed by atoms with Crippen molar-refractivity contribution in [2.45, 2.75) is 44.1 Å². The van der Waals surface area contributed by atoms with E-state index >= 15 is 0 Å². The summed E-state index contributed by atoms with van der Waals surface area (Å²) in [6.07, 6.45) is 9.39. The van der Waals surface area contributed by atoms with Crippen LogP contribution in [0.25, 0.3) is 11.2 Å². The van der Waals surface area contributed by atoms with Crippen molar-refractivity contribution in [3.63, 3.8) is 0 Å². The largest absolute Gasteiger partial charge is 0.372 e. The third-order valence-electron chi connectivity index (χ3n) is 6.44. The zero-order valence-electron chi connectivity index (χ0n) is 15.6. The zero-order chi connectivity index (χ0) is 18.3. The normalized spacial score (nSPS) is 23.6. The van der Waals surface area contributed by atoms with Crippen molar-refractivity contribution in [2.75, 3.05) is 37.7 Å². The average Bonchev–Trinajstić information content (AvgIpc) is 3.07. The minimum Gasteiger partial charge on any atom is -0.372 e. The van der Waals surface area contributed by atoms with Crippen LogP contribution >= 0.6 is 0 Å². The summed E-state index contributed by atoms with van der Waals surface area (Å²) in [5.74, 6) is 1.86. The molecule has 0 atom stereocenters. The van der Waals surface area contributed by atoms with Crippen LogP contribution in [-0.4, -0.2) is 69.1 Å². The van der Waals surface area contributed by atoms with E-state index in [1.54, 1.807) is 12.7 Å². The van der Waals surface area contributed by atoms with Crippen LogP contribution in [0.2, 0.25) is 0 Å². The van der Waals surface area contributed by atoms with E-state index in [9.17, 15) is 4.79 Å². The third kappa shape index (κ3) is 3.16. The van der Waals surface area contributed by atoms with Gasteiger partial charge in [0.25, 0.3) is 0 Å². The molecule has 0 radical (unpaired) electrons. The summed E-state index contributed by atoms with van der Waals surface area (Å²) in [6.45, 7) is 3.90. The molecule has 1 aliphatic carbocycles. The molecule has 3 aliphatic rings. The second-order valence-corrected chi connectivity index (χ2v) is 8.14. The number of carbonyl (C=O) groups excluding carboxylic acids is 1. The Morgan fingerprint density at radius 1 is 1.22 bits per heavy atom. The number of nitrogens with one attached hydrogen (secondary N) is 1. The predicted molar refractivity (Wildman–Crippen MR) is 100 cm³/mol. The number of rotatable bonds is 3. The first-order valence-corrected chi connectivity index (χ1v) is 10.0. The maximum absolute atomic E-state index is 12.5. The molecule has 27 heavy (non-hydrogen) atoms. The van der Waals surface area contributed by atoms with Crippen molar-refractivity contribution in [3.05, 3.63) is 12.7 Å². The van der Waals surface area contributed by atoms with Gasteiger partial charge in [-0.15, -0.1) is 0 Å². The molecule has 0 bridgehead atoms. The molecular weight excluding hydrogens is 344 g/mol. The van der Waals surface area contributed by atoms with E-state index < -0.39 is 0 Å². The number of aromatic nitrogens is 4. The van der Waals surface area contributed by atoms with Crippen LogP contribution in [0, 0.1) is 5.92 Å². The number of hydrogen-bond donors (Lipinski definition) is 1. The summed E-state index contributed by atoms with van der Waals surface area (Å²) in [6, 6.07) is 0. The number of imidazole rings is 1. The van der Waals surface area contributed by atoms with Crippen LogP contribution in [0.4, 0.5) is 5.82 Å². The average molecular weight is 370 g/mol. The fraction of sp³-hybridized carbons (Fsp3) is 0.684. The van der Waals surface area contributed by atoms with Crippen molar-refractivity contribution < 1.29 is 9.53 Å². The van der Waals surface area contributed by atoms with Crippen LogP contribution in [0.5, 0.6) is 0 Å². The van der Waals surface area contributed by atoms with Crippen molar-refractivity contribution in [2.24, 2.45) is 5.92 Å². The van der Waals surface area contributed by atoms with Crippen molar-refractivity contribution >= 4 is 22.9 Å². The summed E-state index contributed by atoms with van der Waals surface area (Å²) >= 11 is 0. The topological polar surface area (TPSA) is 87.2 Å². The molecule has 3 fully saturated rings. The first-order valence-electron chi connectivity index (χ1n) is 10.0. The van der Waals surface area contributed by atoms with Crippen LogP contribution < -0.4 is 4.90 Å². The minimum atomic E-state index is -0.216. The van der Waals surface area contributed by atoms with Crippen LogP contribution in [0.15, 0.2) is 12.7 Å². The first-order chi connectivity index (χ1) is 13.2. The van der Waals surface area contributed by atoms with E-state index in [0.29, 0.717) is 24.6 Å². The van der Waals surface area contributed by atoms with Crippen molar-refractivity contribution in [1.82, 2.24) is 24.8 Å². The Labute approximate surface area is 158 Å². The zero-order valence-corrected chi connectivity index (χ0v) is 15.6. The minimum absolute atomic E-state index is 0.216. The smallest absolute Gasteiger partial charge is 0.224 e. The molecule has 0 unspecified atom stereocenters. The molecule has 0 aromatic carbocycles. The van der Waals surface area contributed by atoms with E-state index in [2.05, 4.69) is 29.7 Å². The van der Waals surface area contributed by atoms with Gasteiger partial charge in [0, 0.05) is 26.2 Å². The standard InChI is InChI=1S/C19H26N6O2/c26-15-4-9-27-19(11-25(15)10-14-2-1-3-14)5-7-24(8-6-19)18-16-17(21-12-20-16)22-13-23-18/h12-14H,1-11H2,(H,20,21,22,23). The van der Waals surface area contributed by atoms with Gasteiger partial charge in [-0.2, -0.15) is 0 Å². The number of hydrogen-bond acceptors (Lipinski definition) is 6. The number of ether oxygens (including phenoxy) is 1. The summed E-state index contributed by atoms with van der Waals surface area (Å²) in [4.78, 5) is 33.0. The molecule has 8 heteroatoms. The van der Waals surface area contributed by atoms with Gasteiger partial charge in [0.05, 0.1) is 25.0 Å². The molecule has 1 spiro atoms. The Hall–Kier alpha value is -2.22. The lowest BCUT2D eigenvalue weighted by Gasteiger charge is -2.43. The fourth-order valence-corrected chi connectivity index (χ4v) is 4.57. The molecular formula is C19H26N6O2. The SMILES string of the molecule is O=C1CCOC2(CCN(c3ncnc4nc[nH]c34)CC2)CN1CC1CCC1. The number of amides is 1. The Bertz CT molecular complexity index is 824. The summed E-state index contributed by atoms with van der Waals surface area (Å²) in [5, 5.41) is 0. The van der Waals surface area contributed by atoms with Gasteiger partial charge in [-0.1, -0.05) is 6.42 Å². The molecule has 2 aromatic rings. The Kier molecular flexibility index (Phi) is 4.22. The lowest BCUT2D eigenvalue weighted by Crippen LogP contribution is -2.53. The molecule has 2 aromatic heterocycles. The van der Waals surface area contributed by atoms with Gasteiger partial charge < -0.3 is 19.5 Å². The van der Waals surface area contributed by atoms with E-state index in [0.717, 1.165) is 50.4 Å². The molecule has 5 rings (SSSR count). The summed E-state index contributed by atoms with van der Waals surface area (Å²) in [7, 11) is 0. The highest BCUT2D eigenvalue weighted by molar-refractivity contribution is 5.82. The summed E-state index contributed by atoms with van der Waals surface area (Å²) < 4.78 is 6.28. The Morgan fingerprint density at radius 3 is 2.85 bits per heavy atom. The number of piperidine rings is 1. The number of H-pyrrole nitrogens is 1. The van der Waals surface area contributed by atoms with E-state index in [1.807, 2.05) is 0 Å². The second kappa shape index (κ2) is 6.74. The molecule has 8 nitrogen and oxygen atoms in total. The maximum atomic E-state index is 12.5. The highest BCUT2D eigenvalue weighted by Crippen LogP contribution is 2.34. The number of nitrogens with zero attached hydrogens (tertiary/aromatic N) is 5. The van der Waals surface area contributed by atoms with Gasteiger partial charge in [-0.3, -0.25) is 4.79 Å². The van der Waals surface area contributed by atoms with Gasteiger partial charge in [0.1, 0.15) is 11.8 Å². The van der Waals surface area contributed by atoms with E-state index in [4.69, 9.17) is 4.74 Å². The van der Waals surface area contributed by atoms with Gasteiger partial charge in [-0.25, -0.2) is 15.0 Å². The summed E-state index contributed by atoms with van der Waals surface area (Å²) in [5.41, 5.74) is 1.37. The highest BCUT2D eigenvalue weighted by Gasteiger charge is 2.41. The van der Waals surface area contributed by atoms with Crippen LogP contribution in [0.3, 0.4) is 0 Å². The molecule has 144 valence electrons. The fourth-order valence-electron chi connectivity index (χ4n) is 4.57. The second-order valence-electron chi connectivity index (χ2n) is 8.14. The predicted octanol–water partition coefficient (Wildman–Crippen LogP) is 1.74. The Morgan fingerprint density at radius 2 is 2.07 bits per heavy atom. The lowest BCUT2D eigenvalue weighted by molar-refractivity contribution is -0.132. The molecule has 1 amide bonds. The molecule has 1 saturated carbocycles. The quantitative estimate of drug-likeness (QED) is 0.886. The van der Waals surface area contributed by atoms with Gasteiger partial charge >= 0.3 is 0 Å². The molecule has 4 heterocycles. The Balaban J connectivity index is 1.30. The number of fused-ring (bicyclic) bond motifs is 1. The first kappa shape index (κ1) is 16.9. The van der Waals surface area contributed by atoms with Crippen LogP contribution in [-0.2, 0) is 9.53 Å². The van der Waals surface area contributed by atoms with Crippen LogP contribution in [0.1, 0.15) is 38.5 Å². The third-order valence-corrected chi connectivity index (χ3v) is 6.44. The van der Waals surface area contributed by atoms with Gasteiger partial charge in [-0.05, 0) is 31.6 Å². The van der Waals surface area contributed by atoms with Gasteiger partial charge in [0.2, 0.25) is 5.91 Å².